The highest BCUT2D eigenvalue weighted by Gasteiger charge is 2.22. The Labute approximate surface area is 145 Å². The molecule has 1 aliphatic rings. The molecular weight excluding hydrogens is 325 g/mol. The molecule has 1 radical (unpaired) electrons. The number of anilines is 2. The van der Waals surface area contributed by atoms with Gasteiger partial charge >= 0.3 is 0 Å². The summed E-state index contributed by atoms with van der Waals surface area (Å²) in [6.07, 6.45) is 3.56. The molecule has 2 aromatic rings. The van der Waals surface area contributed by atoms with E-state index in [0.717, 1.165) is 42.2 Å². The SMILES string of the molecule is C[C](C)C(=O)Nc1nc(-c2ccc(F)cc2)c(N2CCCCC2)s1. The molecule has 1 aromatic heterocycles. The van der Waals surface area contributed by atoms with Crippen LogP contribution in [-0.4, -0.2) is 24.0 Å². The van der Waals surface area contributed by atoms with Crippen LogP contribution in [0.2, 0.25) is 0 Å². The predicted octanol–water partition coefficient (Wildman–Crippen LogP) is 4.49. The lowest BCUT2D eigenvalue weighted by Gasteiger charge is -2.27. The van der Waals surface area contributed by atoms with Crippen LogP contribution in [-0.2, 0) is 4.79 Å². The third-order valence-electron chi connectivity index (χ3n) is 4.04. The second-order valence-corrected chi connectivity index (χ2v) is 7.16. The number of rotatable bonds is 4. The Hall–Kier alpha value is -1.95. The fourth-order valence-corrected chi connectivity index (χ4v) is 3.73. The number of aromatic nitrogens is 1. The number of thiazole rings is 1. The molecule has 3 rings (SSSR count). The molecule has 4 nitrogen and oxygen atoms in total. The highest BCUT2D eigenvalue weighted by Crippen LogP contribution is 2.39. The van der Waals surface area contributed by atoms with Gasteiger partial charge in [0.1, 0.15) is 16.5 Å². The molecule has 2 heterocycles. The molecule has 0 atom stereocenters. The minimum atomic E-state index is -0.266. The molecule has 1 saturated heterocycles. The van der Waals surface area contributed by atoms with E-state index in [0.29, 0.717) is 11.0 Å². The van der Waals surface area contributed by atoms with Gasteiger partial charge in [-0.3, -0.25) is 4.79 Å². The number of amides is 1. The number of hydrogen-bond donors (Lipinski definition) is 1. The van der Waals surface area contributed by atoms with Crippen molar-refractivity contribution < 1.29 is 9.18 Å². The average molecular weight is 346 g/mol. The van der Waals surface area contributed by atoms with Crippen molar-refractivity contribution in [3.8, 4) is 11.3 Å². The minimum absolute atomic E-state index is 0.125. The lowest BCUT2D eigenvalue weighted by Crippen LogP contribution is -2.29. The molecule has 1 N–H and O–H groups in total. The van der Waals surface area contributed by atoms with Crippen LogP contribution in [0.25, 0.3) is 11.3 Å². The molecule has 1 aliphatic heterocycles. The standard InChI is InChI=1S/C18H21FN3OS/c1-12(2)16(23)21-18-20-15(13-6-8-14(19)9-7-13)17(24-18)22-10-4-3-5-11-22/h6-9H,3-5,10-11H2,1-2H3,(H,20,21,23). The van der Waals surface area contributed by atoms with Crippen LogP contribution in [0, 0.1) is 11.7 Å². The van der Waals surface area contributed by atoms with Gasteiger partial charge in [0.2, 0.25) is 5.91 Å². The number of carbonyl (C=O) groups is 1. The Kier molecular flexibility index (Phi) is 5.14. The van der Waals surface area contributed by atoms with Crippen molar-refractivity contribution in [3.63, 3.8) is 0 Å². The van der Waals surface area contributed by atoms with Gasteiger partial charge in [-0.25, -0.2) is 9.37 Å². The zero-order valence-corrected chi connectivity index (χ0v) is 14.8. The highest BCUT2D eigenvalue weighted by molar-refractivity contribution is 7.20. The van der Waals surface area contributed by atoms with Crippen LogP contribution < -0.4 is 10.2 Å². The van der Waals surface area contributed by atoms with Crippen molar-refractivity contribution in [1.29, 1.82) is 0 Å². The van der Waals surface area contributed by atoms with Crippen molar-refractivity contribution in [1.82, 2.24) is 4.98 Å². The zero-order valence-electron chi connectivity index (χ0n) is 13.9. The summed E-state index contributed by atoms with van der Waals surface area (Å²) in [6.45, 7) is 5.52. The van der Waals surface area contributed by atoms with E-state index in [4.69, 9.17) is 0 Å². The first-order chi connectivity index (χ1) is 11.5. The van der Waals surface area contributed by atoms with Crippen molar-refractivity contribution >= 4 is 27.4 Å². The van der Waals surface area contributed by atoms with E-state index < -0.39 is 0 Å². The van der Waals surface area contributed by atoms with Gasteiger partial charge in [0.05, 0.1) is 5.92 Å². The Morgan fingerprint density at radius 1 is 1.17 bits per heavy atom. The molecule has 6 heteroatoms. The van der Waals surface area contributed by atoms with E-state index in [1.165, 1.54) is 29.9 Å². The Bertz CT molecular complexity index is 706. The van der Waals surface area contributed by atoms with Crippen LogP contribution in [0.15, 0.2) is 24.3 Å². The van der Waals surface area contributed by atoms with Crippen molar-refractivity contribution in [3.05, 3.63) is 36.0 Å². The first-order valence-corrected chi connectivity index (χ1v) is 8.99. The fourth-order valence-electron chi connectivity index (χ4n) is 2.69. The lowest BCUT2D eigenvalue weighted by atomic mass is 10.1. The van der Waals surface area contributed by atoms with Crippen LogP contribution in [0.3, 0.4) is 0 Å². The van der Waals surface area contributed by atoms with Crippen LogP contribution in [0.4, 0.5) is 14.5 Å². The average Bonchev–Trinajstić information content (AvgIpc) is 3.00. The Morgan fingerprint density at radius 3 is 2.46 bits per heavy atom. The summed E-state index contributed by atoms with van der Waals surface area (Å²) in [6, 6.07) is 6.36. The van der Waals surface area contributed by atoms with Crippen LogP contribution in [0.5, 0.6) is 0 Å². The number of piperidine rings is 1. The van der Waals surface area contributed by atoms with E-state index in [-0.39, 0.29) is 11.7 Å². The number of benzene rings is 1. The Morgan fingerprint density at radius 2 is 1.83 bits per heavy atom. The number of nitrogens with zero attached hydrogens (tertiary/aromatic N) is 2. The normalized spacial score (nSPS) is 14.9. The van der Waals surface area contributed by atoms with Crippen molar-refractivity contribution in [2.24, 2.45) is 0 Å². The molecule has 0 spiro atoms. The predicted molar refractivity (Wildman–Crippen MR) is 96.8 cm³/mol. The molecule has 127 valence electrons. The first kappa shape index (κ1) is 16.9. The second-order valence-electron chi connectivity index (χ2n) is 6.18. The summed E-state index contributed by atoms with van der Waals surface area (Å²) in [5.74, 6) is 0.297. The molecule has 1 fully saturated rings. The Balaban J connectivity index is 1.95. The number of hydrogen-bond acceptors (Lipinski definition) is 4. The third kappa shape index (κ3) is 3.75. The second kappa shape index (κ2) is 7.30. The summed E-state index contributed by atoms with van der Waals surface area (Å²) < 4.78 is 13.2. The molecule has 0 aliphatic carbocycles. The van der Waals surface area contributed by atoms with Gasteiger partial charge in [0.15, 0.2) is 5.13 Å². The summed E-state index contributed by atoms with van der Waals surface area (Å²) in [4.78, 5) is 18.9. The molecule has 1 amide bonds. The van der Waals surface area contributed by atoms with E-state index in [9.17, 15) is 9.18 Å². The molecular formula is C18H21FN3OS. The van der Waals surface area contributed by atoms with E-state index in [2.05, 4.69) is 15.2 Å². The molecule has 0 unspecified atom stereocenters. The number of halogens is 1. The number of nitrogens with one attached hydrogen (secondary N) is 1. The van der Waals surface area contributed by atoms with Gasteiger partial charge in [-0.05, 0) is 57.4 Å². The van der Waals surface area contributed by atoms with Crippen LogP contribution in [0.1, 0.15) is 33.1 Å². The van der Waals surface area contributed by atoms with Gasteiger partial charge in [-0.2, -0.15) is 0 Å². The van der Waals surface area contributed by atoms with E-state index in [1.807, 2.05) is 0 Å². The maximum atomic E-state index is 13.2. The molecule has 24 heavy (non-hydrogen) atoms. The maximum Gasteiger partial charge on any atom is 0.232 e. The topological polar surface area (TPSA) is 45.2 Å². The van der Waals surface area contributed by atoms with Crippen molar-refractivity contribution in [2.45, 2.75) is 33.1 Å². The first-order valence-electron chi connectivity index (χ1n) is 8.18. The summed E-state index contributed by atoms with van der Waals surface area (Å²) >= 11 is 1.49. The third-order valence-corrected chi connectivity index (χ3v) is 5.08. The largest absolute Gasteiger partial charge is 0.362 e. The van der Waals surface area contributed by atoms with Gasteiger partial charge in [-0.1, -0.05) is 11.3 Å². The van der Waals surface area contributed by atoms with E-state index in [1.54, 1.807) is 26.0 Å². The van der Waals surface area contributed by atoms with Gasteiger partial charge in [0, 0.05) is 18.7 Å². The van der Waals surface area contributed by atoms with Gasteiger partial charge in [-0.15, -0.1) is 0 Å². The fraction of sp³-hybridized carbons (Fsp3) is 0.389. The zero-order chi connectivity index (χ0) is 17.1. The quantitative estimate of drug-likeness (QED) is 0.887. The highest BCUT2D eigenvalue weighted by atomic mass is 32.1. The monoisotopic (exact) mass is 346 g/mol. The lowest BCUT2D eigenvalue weighted by molar-refractivity contribution is -0.114. The maximum absolute atomic E-state index is 13.2. The minimum Gasteiger partial charge on any atom is -0.362 e. The molecule has 1 aromatic carbocycles. The summed E-state index contributed by atoms with van der Waals surface area (Å²) in [7, 11) is 0. The smallest absolute Gasteiger partial charge is 0.232 e. The number of carbonyl (C=O) groups excluding carboxylic acids is 1. The summed E-state index contributed by atoms with van der Waals surface area (Å²) in [5, 5.41) is 4.48. The summed E-state index contributed by atoms with van der Waals surface area (Å²) in [5.41, 5.74) is 1.68. The van der Waals surface area contributed by atoms with Crippen LogP contribution >= 0.6 is 11.3 Å². The van der Waals surface area contributed by atoms with Gasteiger partial charge in [0.25, 0.3) is 0 Å². The van der Waals surface area contributed by atoms with E-state index >= 15 is 0 Å². The molecule has 0 saturated carbocycles. The molecule has 0 bridgehead atoms. The van der Waals surface area contributed by atoms with Crippen molar-refractivity contribution in [2.75, 3.05) is 23.3 Å². The van der Waals surface area contributed by atoms with Gasteiger partial charge < -0.3 is 10.2 Å².